The first-order chi connectivity index (χ1) is 13.7. The summed E-state index contributed by atoms with van der Waals surface area (Å²) in [7, 11) is 3.43. The van der Waals surface area contributed by atoms with Crippen molar-refractivity contribution in [2.75, 3.05) is 32.7 Å². The van der Waals surface area contributed by atoms with E-state index >= 15 is 0 Å². The van der Waals surface area contributed by atoms with Gasteiger partial charge in [-0.1, -0.05) is 42.5 Å². The van der Waals surface area contributed by atoms with Gasteiger partial charge in [-0.05, 0) is 36.6 Å². The molecule has 146 valence electrons. The second-order valence-electron chi connectivity index (χ2n) is 6.69. The molecule has 2 aromatic carbocycles. The average Bonchev–Trinajstić information content (AvgIpc) is 3.26. The van der Waals surface area contributed by atoms with Crippen LogP contribution in [0.15, 0.2) is 42.5 Å². The summed E-state index contributed by atoms with van der Waals surface area (Å²) in [5.74, 6) is 1.90. The third kappa shape index (κ3) is 3.45. The highest BCUT2D eigenvalue weighted by Crippen LogP contribution is 2.37. The van der Waals surface area contributed by atoms with Gasteiger partial charge in [0.25, 0.3) is 0 Å². The lowest BCUT2D eigenvalue weighted by molar-refractivity contribution is 0.198. The number of nitrogens with zero attached hydrogens (tertiary/aromatic N) is 2. The fourth-order valence-corrected chi connectivity index (χ4v) is 4.42. The van der Waals surface area contributed by atoms with Gasteiger partial charge in [-0.15, -0.1) is 0 Å². The van der Waals surface area contributed by atoms with Gasteiger partial charge in [0.15, 0.2) is 4.96 Å². The standard InChI is InChI=1S/C22H25N3O2S/c1-4-15-6-8-16(9-7-15)20-21(23-12-5-13-26-2)25-18-11-10-17(27-3)14-19(18)28-22(25)24-20/h6-11,14,23H,4-5,12-13H2,1-3H3. The molecule has 0 fully saturated rings. The minimum absolute atomic E-state index is 0.733. The molecular weight excluding hydrogens is 370 g/mol. The Balaban J connectivity index is 1.82. The molecule has 0 saturated carbocycles. The van der Waals surface area contributed by atoms with Gasteiger partial charge in [0.2, 0.25) is 0 Å². The fourth-order valence-electron chi connectivity index (χ4n) is 3.36. The molecule has 0 aliphatic heterocycles. The highest BCUT2D eigenvalue weighted by Gasteiger charge is 2.18. The van der Waals surface area contributed by atoms with Gasteiger partial charge in [0.1, 0.15) is 17.3 Å². The number of aryl methyl sites for hydroxylation is 1. The highest BCUT2D eigenvalue weighted by atomic mass is 32.1. The SMILES string of the molecule is CCc1ccc(-c2nc3sc4cc(OC)ccc4n3c2NCCCOC)cc1. The quantitative estimate of drug-likeness (QED) is 0.415. The zero-order valence-electron chi connectivity index (χ0n) is 16.5. The smallest absolute Gasteiger partial charge is 0.197 e. The summed E-state index contributed by atoms with van der Waals surface area (Å²) in [4.78, 5) is 5.96. The van der Waals surface area contributed by atoms with E-state index in [0.29, 0.717) is 0 Å². The molecule has 6 heteroatoms. The maximum atomic E-state index is 5.38. The van der Waals surface area contributed by atoms with Gasteiger partial charge >= 0.3 is 0 Å². The molecule has 0 aliphatic carbocycles. The first-order valence-corrected chi connectivity index (χ1v) is 10.4. The van der Waals surface area contributed by atoms with Crippen molar-refractivity contribution in [3.63, 3.8) is 0 Å². The van der Waals surface area contributed by atoms with Crippen LogP contribution in [0.5, 0.6) is 5.75 Å². The van der Waals surface area contributed by atoms with Crippen molar-refractivity contribution in [3.05, 3.63) is 48.0 Å². The maximum Gasteiger partial charge on any atom is 0.197 e. The summed E-state index contributed by atoms with van der Waals surface area (Å²) in [6, 6.07) is 14.9. The number of anilines is 1. The van der Waals surface area contributed by atoms with Crippen LogP contribution < -0.4 is 10.1 Å². The average molecular weight is 396 g/mol. The lowest BCUT2D eigenvalue weighted by atomic mass is 10.1. The Kier molecular flexibility index (Phi) is 5.50. The number of hydrogen-bond acceptors (Lipinski definition) is 5. The number of benzene rings is 2. The van der Waals surface area contributed by atoms with Crippen molar-refractivity contribution in [3.8, 4) is 17.0 Å². The predicted molar refractivity (Wildman–Crippen MR) is 117 cm³/mol. The van der Waals surface area contributed by atoms with Gasteiger partial charge in [0.05, 0.1) is 17.3 Å². The normalized spacial score (nSPS) is 11.4. The summed E-state index contributed by atoms with van der Waals surface area (Å²) >= 11 is 1.68. The number of aromatic nitrogens is 2. The highest BCUT2D eigenvalue weighted by molar-refractivity contribution is 7.23. The van der Waals surface area contributed by atoms with E-state index in [2.05, 4.69) is 53.0 Å². The van der Waals surface area contributed by atoms with Gasteiger partial charge in [-0.2, -0.15) is 0 Å². The molecule has 0 bridgehead atoms. The molecule has 0 unspecified atom stereocenters. The molecule has 1 N–H and O–H groups in total. The molecule has 2 heterocycles. The Morgan fingerprint density at radius 3 is 2.64 bits per heavy atom. The van der Waals surface area contributed by atoms with E-state index in [1.807, 2.05) is 6.07 Å². The first-order valence-electron chi connectivity index (χ1n) is 9.56. The zero-order valence-corrected chi connectivity index (χ0v) is 17.3. The summed E-state index contributed by atoms with van der Waals surface area (Å²) in [5, 5.41) is 3.60. The number of imidazole rings is 1. The van der Waals surface area contributed by atoms with E-state index in [1.165, 1.54) is 5.56 Å². The maximum absolute atomic E-state index is 5.38. The van der Waals surface area contributed by atoms with Crippen LogP contribution >= 0.6 is 11.3 Å². The van der Waals surface area contributed by atoms with E-state index in [-0.39, 0.29) is 0 Å². The lowest BCUT2D eigenvalue weighted by Gasteiger charge is -2.09. The van der Waals surface area contributed by atoms with Crippen molar-refractivity contribution in [2.45, 2.75) is 19.8 Å². The Morgan fingerprint density at radius 2 is 1.93 bits per heavy atom. The molecule has 0 spiro atoms. The van der Waals surface area contributed by atoms with Crippen LogP contribution in [-0.2, 0) is 11.2 Å². The van der Waals surface area contributed by atoms with Crippen molar-refractivity contribution >= 4 is 32.3 Å². The largest absolute Gasteiger partial charge is 0.497 e. The molecule has 0 amide bonds. The first kappa shape index (κ1) is 18.8. The van der Waals surface area contributed by atoms with Crippen molar-refractivity contribution in [1.29, 1.82) is 0 Å². The van der Waals surface area contributed by atoms with Gasteiger partial charge in [-0.25, -0.2) is 4.98 Å². The minimum Gasteiger partial charge on any atom is -0.497 e. The minimum atomic E-state index is 0.733. The van der Waals surface area contributed by atoms with E-state index in [1.54, 1.807) is 25.6 Å². The van der Waals surface area contributed by atoms with Crippen molar-refractivity contribution in [1.82, 2.24) is 9.38 Å². The number of hydrogen-bond donors (Lipinski definition) is 1. The van der Waals surface area contributed by atoms with Crippen LogP contribution in [0.4, 0.5) is 5.82 Å². The number of nitrogens with one attached hydrogen (secondary N) is 1. The monoisotopic (exact) mass is 395 g/mol. The molecule has 5 nitrogen and oxygen atoms in total. The van der Waals surface area contributed by atoms with Crippen LogP contribution in [0.3, 0.4) is 0 Å². The third-order valence-corrected chi connectivity index (χ3v) is 5.91. The number of thiazole rings is 1. The summed E-state index contributed by atoms with van der Waals surface area (Å²) in [5.41, 5.74) is 4.59. The topological polar surface area (TPSA) is 47.8 Å². The molecular formula is C22H25N3O2S. The zero-order chi connectivity index (χ0) is 19.5. The van der Waals surface area contributed by atoms with E-state index in [0.717, 1.165) is 64.0 Å². The summed E-state index contributed by atoms with van der Waals surface area (Å²) in [6.45, 7) is 3.73. The molecule has 0 radical (unpaired) electrons. The molecule has 28 heavy (non-hydrogen) atoms. The van der Waals surface area contributed by atoms with Crippen LogP contribution in [0.2, 0.25) is 0 Å². The van der Waals surface area contributed by atoms with Gasteiger partial charge in [0, 0.05) is 25.8 Å². The second kappa shape index (κ2) is 8.20. The van der Waals surface area contributed by atoms with Crippen LogP contribution in [-0.4, -0.2) is 36.8 Å². The Bertz CT molecular complexity index is 1080. The number of ether oxygens (including phenoxy) is 2. The lowest BCUT2D eigenvalue weighted by Crippen LogP contribution is -2.07. The Hall–Kier alpha value is -2.57. The van der Waals surface area contributed by atoms with Gasteiger partial charge < -0.3 is 14.8 Å². The predicted octanol–water partition coefficient (Wildman–Crippen LogP) is 5.24. The summed E-state index contributed by atoms with van der Waals surface area (Å²) < 4.78 is 14.0. The number of methoxy groups -OCH3 is 2. The Morgan fingerprint density at radius 1 is 1.11 bits per heavy atom. The van der Waals surface area contributed by atoms with Crippen LogP contribution in [0, 0.1) is 0 Å². The van der Waals surface area contributed by atoms with E-state index < -0.39 is 0 Å². The van der Waals surface area contributed by atoms with Crippen molar-refractivity contribution < 1.29 is 9.47 Å². The van der Waals surface area contributed by atoms with Gasteiger partial charge in [-0.3, -0.25) is 4.40 Å². The molecule has 0 aliphatic rings. The second-order valence-corrected chi connectivity index (χ2v) is 7.70. The van der Waals surface area contributed by atoms with Crippen molar-refractivity contribution in [2.24, 2.45) is 0 Å². The Labute approximate surface area is 168 Å². The molecule has 4 aromatic rings. The molecule has 2 aromatic heterocycles. The van der Waals surface area contributed by atoms with E-state index in [4.69, 9.17) is 14.5 Å². The van der Waals surface area contributed by atoms with E-state index in [9.17, 15) is 0 Å². The third-order valence-electron chi connectivity index (χ3n) is 4.91. The molecule has 0 saturated heterocycles. The van der Waals surface area contributed by atoms with Crippen LogP contribution in [0.25, 0.3) is 26.4 Å². The number of rotatable bonds is 8. The number of fused-ring (bicyclic) bond motifs is 3. The van der Waals surface area contributed by atoms with Crippen LogP contribution in [0.1, 0.15) is 18.9 Å². The fraction of sp³-hybridized carbons (Fsp3) is 0.318. The molecule has 4 rings (SSSR count). The summed E-state index contributed by atoms with van der Waals surface area (Å²) in [6.07, 6.45) is 1.97. The molecule has 0 atom stereocenters.